The van der Waals surface area contributed by atoms with Crippen LogP contribution in [-0.2, 0) is 0 Å². The van der Waals surface area contributed by atoms with Gasteiger partial charge in [-0.25, -0.2) is 0 Å². The van der Waals surface area contributed by atoms with E-state index in [1.165, 1.54) is 12.1 Å². The molecule has 1 heterocycles. The molecule has 0 aliphatic carbocycles. The molecule has 0 saturated heterocycles. The number of fused-ring (bicyclic) bond motifs is 1. The molecule has 1 aliphatic heterocycles. The number of hydrogen-bond acceptors (Lipinski definition) is 3. The number of hydrogen-bond donors (Lipinski definition) is 1. The third-order valence-corrected chi connectivity index (χ3v) is 2.23. The van der Waals surface area contributed by atoms with Crippen LogP contribution in [0.2, 0.25) is 0 Å². The highest BCUT2D eigenvalue weighted by atomic mass is 16.5. The van der Waals surface area contributed by atoms with Gasteiger partial charge in [-0.3, -0.25) is 4.79 Å². The second-order valence-corrected chi connectivity index (χ2v) is 3.26. The topological polar surface area (TPSA) is 49.8 Å². The Bertz CT molecular complexity index is 376. The smallest absolute Gasteiger partial charge is 0.257 e. The monoisotopic (exact) mass is 193 g/mol. The maximum atomic E-state index is 11.7. The van der Waals surface area contributed by atoms with Gasteiger partial charge >= 0.3 is 0 Å². The molecule has 0 spiro atoms. The molecule has 1 amide bonds. The standard InChI is InChI=1S/C10H11NO3/c1-11-4-5-14-9-6-7(12)2-3-8(9)10(11)13/h2-3,6,12H,4-5H2,1H3. The zero-order valence-electron chi connectivity index (χ0n) is 7.86. The van der Waals surface area contributed by atoms with Gasteiger partial charge in [0.1, 0.15) is 18.1 Å². The molecule has 0 radical (unpaired) electrons. The van der Waals surface area contributed by atoms with Gasteiger partial charge < -0.3 is 14.7 Å². The van der Waals surface area contributed by atoms with E-state index in [0.717, 1.165) is 0 Å². The van der Waals surface area contributed by atoms with Crippen molar-refractivity contribution in [1.82, 2.24) is 4.90 Å². The van der Waals surface area contributed by atoms with Crippen molar-refractivity contribution in [3.63, 3.8) is 0 Å². The van der Waals surface area contributed by atoms with Crippen LogP contribution in [0.25, 0.3) is 0 Å². The third kappa shape index (κ3) is 1.39. The Hall–Kier alpha value is -1.71. The Labute approximate surface area is 81.7 Å². The average Bonchev–Trinajstić information content (AvgIpc) is 2.28. The first-order valence-electron chi connectivity index (χ1n) is 4.40. The number of carbonyl (C=O) groups excluding carboxylic acids is 1. The normalized spacial score (nSPS) is 15.8. The minimum atomic E-state index is -0.0718. The number of likely N-dealkylation sites (N-methyl/N-ethyl adjacent to an activating group) is 1. The van der Waals surface area contributed by atoms with Crippen molar-refractivity contribution < 1.29 is 14.6 Å². The zero-order valence-corrected chi connectivity index (χ0v) is 7.86. The van der Waals surface area contributed by atoms with E-state index in [1.54, 1.807) is 18.0 Å². The molecule has 1 aromatic rings. The van der Waals surface area contributed by atoms with Crippen LogP contribution in [0.3, 0.4) is 0 Å². The molecule has 0 unspecified atom stereocenters. The van der Waals surface area contributed by atoms with E-state index in [9.17, 15) is 9.90 Å². The fourth-order valence-electron chi connectivity index (χ4n) is 1.41. The quantitative estimate of drug-likeness (QED) is 0.664. The summed E-state index contributed by atoms with van der Waals surface area (Å²) in [5.74, 6) is 0.498. The molecule has 14 heavy (non-hydrogen) atoms. The van der Waals surface area contributed by atoms with Gasteiger partial charge in [-0.05, 0) is 12.1 Å². The summed E-state index contributed by atoms with van der Waals surface area (Å²) in [4.78, 5) is 13.3. The number of benzene rings is 1. The Balaban J connectivity index is 2.48. The zero-order chi connectivity index (χ0) is 10.1. The van der Waals surface area contributed by atoms with Crippen molar-refractivity contribution in [2.75, 3.05) is 20.2 Å². The molecule has 1 aliphatic rings. The number of aromatic hydroxyl groups is 1. The van der Waals surface area contributed by atoms with Gasteiger partial charge in [0.15, 0.2) is 0 Å². The van der Waals surface area contributed by atoms with Gasteiger partial charge in [0.05, 0.1) is 12.1 Å². The van der Waals surface area contributed by atoms with E-state index in [-0.39, 0.29) is 11.7 Å². The van der Waals surface area contributed by atoms with Crippen molar-refractivity contribution >= 4 is 5.91 Å². The molecule has 0 atom stereocenters. The summed E-state index contributed by atoms with van der Waals surface area (Å²) in [5.41, 5.74) is 0.503. The van der Waals surface area contributed by atoms with Crippen LogP contribution in [-0.4, -0.2) is 36.1 Å². The van der Waals surface area contributed by atoms with Crippen LogP contribution in [0.1, 0.15) is 10.4 Å². The molecule has 4 nitrogen and oxygen atoms in total. The Morgan fingerprint density at radius 2 is 2.29 bits per heavy atom. The van der Waals surface area contributed by atoms with Crippen LogP contribution in [0.15, 0.2) is 18.2 Å². The van der Waals surface area contributed by atoms with E-state index >= 15 is 0 Å². The lowest BCUT2D eigenvalue weighted by Crippen LogP contribution is -2.27. The Morgan fingerprint density at radius 1 is 1.50 bits per heavy atom. The fourth-order valence-corrected chi connectivity index (χ4v) is 1.41. The molecule has 0 bridgehead atoms. The van der Waals surface area contributed by atoms with E-state index in [0.29, 0.717) is 24.5 Å². The van der Waals surface area contributed by atoms with Crippen molar-refractivity contribution in [3.05, 3.63) is 23.8 Å². The van der Waals surface area contributed by atoms with Gasteiger partial charge in [0.25, 0.3) is 5.91 Å². The highest BCUT2D eigenvalue weighted by Crippen LogP contribution is 2.26. The maximum Gasteiger partial charge on any atom is 0.257 e. The van der Waals surface area contributed by atoms with Crippen molar-refractivity contribution in [2.24, 2.45) is 0 Å². The molecule has 74 valence electrons. The van der Waals surface area contributed by atoms with Crippen LogP contribution in [0, 0.1) is 0 Å². The van der Waals surface area contributed by atoms with Crippen LogP contribution in [0.4, 0.5) is 0 Å². The van der Waals surface area contributed by atoms with E-state index in [2.05, 4.69) is 0 Å². The molecule has 0 aromatic heterocycles. The summed E-state index contributed by atoms with van der Waals surface area (Å²) < 4.78 is 5.35. The summed E-state index contributed by atoms with van der Waals surface area (Å²) in [7, 11) is 1.73. The second-order valence-electron chi connectivity index (χ2n) is 3.26. The minimum Gasteiger partial charge on any atom is -0.508 e. The summed E-state index contributed by atoms with van der Waals surface area (Å²) in [6.07, 6.45) is 0. The molecule has 1 N–H and O–H groups in total. The predicted octanol–water partition coefficient (Wildman–Crippen LogP) is 0.857. The molecule has 0 saturated carbocycles. The van der Waals surface area contributed by atoms with Gasteiger partial charge in [-0.1, -0.05) is 0 Å². The summed E-state index contributed by atoms with van der Waals surface area (Å²) >= 11 is 0. The Morgan fingerprint density at radius 3 is 3.07 bits per heavy atom. The second kappa shape index (κ2) is 3.21. The number of nitrogens with zero attached hydrogens (tertiary/aromatic N) is 1. The number of ether oxygens (including phenoxy) is 1. The van der Waals surface area contributed by atoms with Crippen LogP contribution < -0.4 is 4.74 Å². The highest BCUT2D eigenvalue weighted by molar-refractivity contribution is 5.97. The number of carbonyl (C=O) groups is 1. The number of phenols is 1. The summed E-state index contributed by atoms with van der Waals surface area (Å²) in [6, 6.07) is 4.53. The largest absolute Gasteiger partial charge is 0.508 e. The average molecular weight is 193 g/mol. The first kappa shape index (κ1) is 8.87. The lowest BCUT2D eigenvalue weighted by atomic mass is 10.1. The number of amides is 1. The lowest BCUT2D eigenvalue weighted by Gasteiger charge is -2.11. The van der Waals surface area contributed by atoms with E-state index < -0.39 is 0 Å². The SMILES string of the molecule is CN1CCOc2cc(O)ccc2C1=O. The molecule has 0 fully saturated rings. The van der Waals surface area contributed by atoms with Gasteiger partial charge in [-0.2, -0.15) is 0 Å². The van der Waals surface area contributed by atoms with Crippen LogP contribution in [0.5, 0.6) is 11.5 Å². The minimum absolute atomic E-state index is 0.0718. The van der Waals surface area contributed by atoms with Crippen molar-refractivity contribution in [2.45, 2.75) is 0 Å². The molecular formula is C10H11NO3. The molecule has 2 rings (SSSR count). The highest BCUT2D eigenvalue weighted by Gasteiger charge is 2.20. The summed E-state index contributed by atoms with van der Waals surface area (Å²) in [6.45, 7) is 1.02. The van der Waals surface area contributed by atoms with Gasteiger partial charge in [0, 0.05) is 13.1 Å². The summed E-state index contributed by atoms with van der Waals surface area (Å²) in [5, 5.41) is 9.23. The van der Waals surface area contributed by atoms with Gasteiger partial charge in [0.2, 0.25) is 0 Å². The number of rotatable bonds is 0. The van der Waals surface area contributed by atoms with Crippen molar-refractivity contribution in [3.8, 4) is 11.5 Å². The third-order valence-electron chi connectivity index (χ3n) is 2.23. The van der Waals surface area contributed by atoms with Gasteiger partial charge in [-0.15, -0.1) is 0 Å². The predicted molar refractivity (Wildman–Crippen MR) is 50.6 cm³/mol. The lowest BCUT2D eigenvalue weighted by molar-refractivity contribution is 0.0797. The number of phenolic OH excluding ortho intramolecular Hbond substituents is 1. The maximum absolute atomic E-state index is 11.7. The first-order valence-corrected chi connectivity index (χ1v) is 4.40. The molecule has 1 aromatic carbocycles. The van der Waals surface area contributed by atoms with Crippen LogP contribution >= 0.6 is 0 Å². The van der Waals surface area contributed by atoms with E-state index in [4.69, 9.17) is 4.74 Å². The molecule has 4 heteroatoms. The fraction of sp³-hybridized carbons (Fsp3) is 0.300. The van der Waals surface area contributed by atoms with E-state index in [1.807, 2.05) is 0 Å². The Kier molecular flexibility index (Phi) is 2.04. The first-order chi connectivity index (χ1) is 6.68. The van der Waals surface area contributed by atoms with Crippen molar-refractivity contribution in [1.29, 1.82) is 0 Å². The molecular weight excluding hydrogens is 182 g/mol.